The van der Waals surface area contributed by atoms with Crippen molar-refractivity contribution in [2.45, 2.75) is 33.5 Å². The van der Waals surface area contributed by atoms with Gasteiger partial charge in [0.2, 0.25) is 0 Å². The molecule has 1 rings (SSSR count). The fraction of sp³-hybridized carbons (Fsp3) is 0.429. The Kier molecular flexibility index (Phi) is 5.13. The Morgan fingerprint density at radius 2 is 1.87 bits per heavy atom. The van der Waals surface area contributed by atoms with Crippen molar-refractivity contribution in [3.05, 3.63) is 48.0 Å². The van der Waals surface area contributed by atoms with E-state index in [1.54, 1.807) is 0 Å². The number of rotatable bonds is 5. The molecule has 0 saturated carbocycles. The van der Waals surface area contributed by atoms with Gasteiger partial charge in [0.15, 0.2) is 0 Å². The van der Waals surface area contributed by atoms with E-state index in [0.717, 1.165) is 0 Å². The maximum atomic E-state index is 5.84. The molecule has 0 bridgehead atoms. The Morgan fingerprint density at radius 1 is 1.20 bits per heavy atom. The SMILES string of the molecule is CC=C[C@@H](OCc1ccccc1)C(C)C. The van der Waals surface area contributed by atoms with Crippen LogP contribution in [0, 0.1) is 5.92 Å². The molecule has 0 aliphatic heterocycles. The van der Waals surface area contributed by atoms with Crippen LogP contribution < -0.4 is 0 Å². The average molecular weight is 204 g/mol. The number of benzene rings is 1. The van der Waals surface area contributed by atoms with Crippen LogP contribution in [0.3, 0.4) is 0 Å². The highest BCUT2D eigenvalue weighted by atomic mass is 16.5. The van der Waals surface area contributed by atoms with Crippen LogP contribution in [0.15, 0.2) is 42.5 Å². The second-order valence-electron chi connectivity index (χ2n) is 4.03. The summed E-state index contributed by atoms with van der Waals surface area (Å²) in [6.45, 7) is 7.07. The van der Waals surface area contributed by atoms with Gasteiger partial charge in [-0.1, -0.05) is 56.3 Å². The molecule has 1 atom stereocenters. The molecule has 0 aromatic heterocycles. The number of ether oxygens (including phenoxy) is 1. The lowest BCUT2D eigenvalue weighted by Gasteiger charge is -2.17. The van der Waals surface area contributed by atoms with Crippen LogP contribution >= 0.6 is 0 Å². The van der Waals surface area contributed by atoms with E-state index >= 15 is 0 Å². The van der Waals surface area contributed by atoms with Gasteiger partial charge in [0.1, 0.15) is 0 Å². The van der Waals surface area contributed by atoms with Gasteiger partial charge in [0.05, 0.1) is 12.7 Å². The van der Waals surface area contributed by atoms with Gasteiger partial charge in [-0.15, -0.1) is 0 Å². The third kappa shape index (κ3) is 4.30. The summed E-state index contributed by atoms with van der Waals surface area (Å²) in [6, 6.07) is 10.3. The summed E-state index contributed by atoms with van der Waals surface area (Å²) >= 11 is 0. The Labute approximate surface area is 92.8 Å². The Morgan fingerprint density at radius 3 is 2.40 bits per heavy atom. The van der Waals surface area contributed by atoms with E-state index in [1.165, 1.54) is 5.56 Å². The first-order valence-corrected chi connectivity index (χ1v) is 5.52. The van der Waals surface area contributed by atoms with E-state index in [-0.39, 0.29) is 6.10 Å². The molecule has 0 N–H and O–H groups in total. The molecule has 0 aliphatic rings. The monoisotopic (exact) mass is 204 g/mol. The van der Waals surface area contributed by atoms with Gasteiger partial charge in [-0.3, -0.25) is 0 Å². The zero-order valence-corrected chi connectivity index (χ0v) is 9.81. The molecule has 0 aliphatic carbocycles. The molecular weight excluding hydrogens is 184 g/mol. The molecule has 15 heavy (non-hydrogen) atoms. The van der Waals surface area contributed by atoms with Crippen molar-refractivity contribution < 1.29 is 4.74 Å². The molecule has 0 fully saturated rings. The molecular formula is C14H20O. The highest BCUT2D eigenvalue weighted by Gasteiger charge is 2.09. The minimum Gasteiger partial charge on any atom is -0.369 e. The minimum atomic E-state index is 0.218. The quantitative estimate of drug-likeness (QED) is 0.663. The van der Waals surface area contributed by atoms with Crippen molar-refractivity contribution in [1.29, 1.82) is 0 Å². The Balaban J connectivity index is 2.47. The first-order valence-electron chi connectivity index (χ1n) is 5.52. The number of allylic oxidation sites excluding steroid dienone is 1. The second kappa shape index (κ2) is 6.41. The van der Waals surface area contributed by atoms with Crippen LogP contribution in [0.5, 0.6) is 0 Å². The molecule has 1 heteroatoms. The fourth-order valence-corrected chi connectivity index (χ4v) is 1.43. The molecule has 0 saturated heterocycles. The van der Waals surface area contributed by atoms with Crippen molar-refractivity contribution in [1.82, 2.24) is 0 Å². The van der Waals surface area contributed by atoms with E-state index in [1.807, 2.05) is 25.1 Å². The van der Waals surface area contributed by atoms with E-state index in [9.17, 15) is 0 Å². The maximum Gasteiger partial charge on any atom is 0.0783 e. The second-order valence-corrected chi connectivity index (χ2v) is 4.03. The van der Waals surface area contributed by atoms with Gasteiger partial charge >= 0.3 is 0 Å². The van der Waals surface area contributed by atoms with Crippen LogP contribution in [0.2, 0.25) is 0 Å². The van der Waals surface area contributed by atoms with Crippen molar-refractivity contribution in [2.75, 3.05) is 0 Å². The zero-order chi connectivity index (χ0) is 11.1. The highest BCUT2D eigenvalue weighted by Crippen LogP contribution is 2.11. The molecule has 0 radical (unpaired) electrons. The van der Waals surface area contributed by atoms with Crippen LogP contribution in [-0.4, -0.2) is 6.10 Å². The van der Waals surface area contributed by atoms with Crippen molar-refractivity contribution in [3.63, 3.8) is 0 Å². The molecule has 1 aromatic carbocycles. The predicted octanol–water partition coefficient (Wildman–Crippen LogP) is 3.80. The normalized spacial score (nSPS) is 13.6. The van der Waals surface area contributed by atoms with Gasteiger partial charge in [0.25, 0.3) is 0 Å². The molecule has 0 unspecified atom stereocenters. The van der Waals surface area contributed by atoms with Crippen LogP contribution in [0.4, 0.5) is 0 Å². The van der Waals surface area contributed by atoms with E-state index < -0.39 is 0 Å². The topological polar surface area (TPSA) is 9.23 Å². The Bertz CT molecular complexity index is 287. The van der Waals surface area contributed by atoms with Gasteiger partial charge in [-0.2, -0.15) is 0 Å². The lowest BCUT2D eigenvalue weighted by molar-refractivity contribution is 0.0428. The largest absolute Gasteiger partial charge is 0.369 e. The summed E-state index contributed by atoms with van der Waals surface area (Å²) in [4.78, 5) is 0. The molecule has 1 nitrogen and oxygen atoms in total. The van der Waals surface area contributed by atoms with Crippen molar-refractivity contribution in [2.24, 2.45) is 5.92 Å². The van der Waals surface area contributed by atoms with Crippen molar-refractivity contribution in [3.8, 4) is 0 Å². The molecule has 0 heterocycles. The van der Waals surface area contributed by atoms with E-state index in [4.69, 9.17) is 4.74 Å². The summed E-state index contributed by atoms with van der Waals surface area (Å²) in [5, 5.41) is 0. The van der Waals surface area contributed by atoms with Gasteiger partial charge in [-0.05, 0) is 18.4 Å². The van der Waals surface area contributed by atoms with Gasteiger partial charge < -0.3 is 4.74 Å². The zero-order valence-electron chi connectivity index (χ0n) is 9.81. The first kappa shape index (κ1) is 12.0. The summed E-state index contributed by atoms with van der Waals surface area (Å²) in [5.41, 5.74) is 1.23. The molecule has 0 spiro atoms. The highest BCUT2D eigenvalue weighted by molar-refractivity contribution is 5.13. The van der Waals surface area contributed by atoms with Crippen molar-refractivity contribution >= 4 is 0 Å². The summed E-state index contributed by atoms with van der Waals surface area (Å²) < 4.78 is 5.84. The summed E-state index contributed by atoms with van der Waals surface area (Å²) in [5.74, 6) is 0.518. The lowest BCUT2D eigenvalue weighted by atomic mass is 10.1. The Hall–Kier alpha value is -1.08. The standard InChI is InChI=1S/C14H20O/c1-4-8-14(12(2)3)15-11-13-9-6-5-7-10-13/h4-10,12,14H,11H2,1-3H3/t14-/m1/s1. The third-order valence-corrected chi connectivity index (χ3v) is 2.32. The van der Waals surface area contributed by atoms with Crippen LogP contribution in [0.25, 0.3) is 0 Å². The lowest BCUT2D eigenvalue weighted by Crippen LogP contribution is -2.16. The number of hydrogen-bond acceptors (Lipinski definition) is 1. The van der Waals surface area contributed by atoms with Crippen LogP contribution in [-0.2, 0) is 11.3 Å². The first-order chi connectivity index (χ1) is 7.24. The molecule has 1 aromatic rings. The summed E-state index contributed by atoms with van der Waals surface area (Å²) in [6.07, 6.45) is 4.39. The fourth-order valence-electron chi connectivity index (χ4n) is 1.43. The predicted molar refractivity (Wildman–Crippen MR) is 64.7 cm³/mol. The number of hydrogen-bond donors (Lipinski definition) is 0. The molecule has 0 amide bonds. The molecule has 82 valence electrons. The average Bonchev–Trinajstić information content (AvgIpc) is 2.25. The van der Waals surface area contributed by atoms with Crippen LogP contribution in [0.1, 0.15) is 26.3 Å². The van der Waals surface area contributed by atoms with Gasteiger partial charge in [0, 0.05) is 0 Å². The third-order valence-electron chi connectivity index (χ3n) is 2.32. The van der Waals surface area contributed by atoms with E-state index in [0.29, 0.717) is 12.5 Å². The smallest absolute Gasteiger partial charge is 0.0783 e. The van der Waals surface area contributed by atoms with Gasteiger partial charge in [-0.25, -0.2) is 0 Å². The summed E-state index contributed by atoms with van der Waals surface area (Å²) in [7, 11) is 0. The minimum absolute atomic E-state index is 0.218. The maximum absolute atomic E-state index is 5.84. The van der Waals surface area contributed by atoms with E-state index in [2.05, 4.69) is 38.1 Å².